The molecule has 1 N–H and O–H groups in total. The van der Waals surface area contributed by atoms with Crippen LogP contribution in [0.4, 0.5) is 5.69 Å². The van der Waals surface area contributed by atoms with Crippen molar-refractivity contribution in [3.05, 3.63) is 52.5 Å². The Bertz CT molecular complexity index is 827. The molecule has 0 aliphatic carbocycles. The molecule has 6 nitrogen and oxygen atoms in total. The number of benzene rings is 2. The molecule has 2 atom stereocenters. The van der Waals surface area contributed by atoms with Crippen molar-refractivity contribution >= 4 is 40.8 Å². The van der Waals surface area contributed by atoms with E-state index in [-0.39, 0.29) is 10.8 Å². The molecule has 8 heteroatoms. The van der Waals surface area contributed by atoms with Gasteiger partial charge in [0.15, 0.2) is 12.2 Å². The summed E-state index contributed by atoms with van der Waals surface area (Å²) in [5.74, 6) is -0.414. The van der Waals surface area contributed by atoms with E-state index in [1.807, 2.05) is 0 Å². The van der Waals surface area contributed by atoms with Gasteiger partial charge in [-0.3, -0.25) is 4.79 Å². The van der Waals surface area contributed by atoms with Crippen LogP contribution in [0, 0.1) is 0 Å². The molecule has 0 saturated heterocycles. The fourth-order valence-electron chi connectivity index (χ4n) is 2.12. The number of carbonyl (C=O) groups is 2. The number of para-hydroxylation sites is 2. The fourth-order valence-corrected chi connectivity index (χ4v) is 2.57. The molecule has 0 radical (unpaired) electrons. The maximum atomic E-state index is 12.3. The standard InChI is InChI=1S/C19H19Cl2NO5/c1-11(18(23)22-15-6-4-5-7-17(15)25-3)27-19(24)12(2)26-16-9-8-13(20)10-14(16)21/h4-12H,1-3H3,(H,22,23)/t11-,12-/m1/s1. The highest BCUT2D eigenvalue weighted by molar-refractivity contribution is 6.35. The lowest BCUT2D eigenvalue weighted by Gasteiger charge is -2.18. The second-order valence-corrected chi connectivity index (χ2v) is 6.45. The Morgan fingerprint density at radius 3 is 2.37 bits per heavy atom. The minimum absolute atomic E-state index is 0.268. The van der Waals surface area contributed by atoms with Crippen molar-refractivity contribution in [2.24, 2.45) is 0 Å². The predicted octanol–water partition coefficient (Wildman–Crippen LogP) is 4.34. The minimum Gasteiger partial charge on any atom is -0.495 e. The summed E-state index contributed by atoms with van der Waals surface area (Å²) >= 11 is 11.8. The van der Waals surface area contributed by atoms with Gasteiger partial charge in [0.25, 0.3) is 5.91 Å². The first-order valence-electron chi connectivity index (χ1n) is 8.08. The van der Waals surface area contributed by atoms with Crippen molar-refractivity contribution in [3.8, 4) is 11.5 Å². The normalized spacial score (nSPS) is 12.6. The second kappa shape index (κ2) is 9.48. The van der Waals surface area contributed by atoms with Crippen molar-refractivity contribution in [2.75, 3.05) is 12.4 Å². The fraction of sp³-hybridized carbons (Fsp3) is 0.263. The molecule has 0 fully saturated rings. The first-order valence-corrected chi connectivity index (χ1v) is 8.83. The molecule has 0 unspecified atom stereocenters. The smallest absolute Gasteiger partial charge is 0.347 e. The van der Waals surface area contributed by atoms with Gasteiger partial charge in [0, 0.05) is 5.02 Å². The van der Waals surface area contributed by atoms with Gasteiger partial charge in [-0.15, -0.1) is 0 Å². The number of halogens is 2. The Morgan fingerprint density at radius 2 is 1.70 bits per heavy atom. The van der Waals surface area contributed by atoms with Crippen molar-refractivity contribution < 1.29 is 23.8 Å². The molecule has 2 aromatic rings. The van der Waals surface area contributed by atoms with E-state index in [9.17, 15) is 9.59 Å². The molecule has 144 valence electrons. The number of esters is 1. The summed E-state index contributed by atoms with van der Waals surface area (Å²) in [7, 11) is 1.50. The van der Waals surface area contributed by atoms with E-state index < -0.39 is 24.1 Å². The molecule has 0 spiro atoms. The number of hydrogen-bond donors (Lipinski definition) is 1. The molecule has 2 rings (SSSR count). The Hall–Kier alpha value is -2.44. The van der Waals surface area contributed by atoms with Crippen LogP contribution in [0.25, 0.3) is 0 Å². The highest BCUT2D eigenvalue weighted by Crippen LogP contribution is 2.28. The maximum absolute atomic E-state index is 12.3. The predicted molar refractivity (Wildman–Crippen MR) is 104 cm³/mol. The van der Waals surface area contributed by atoms with Crippen LogP contribution in [0.2, 0.25) is 10.0 Å². The minimum atomic E-state index is -1.03. The molecule has 0 bridgehead atoms. The molecule has 0 heterocycles. The number of methoxy groups -OCH3 is 1. The van der Waals surface area contributed by atoms with E-state index in [4.69, 9.17) is 37.4 Å². The van der Waals surface area contributed by atoms with Gasteiger partial charge in [-0.2, -0.15) is 0 Å². The number of anilines is 1. The molecule has 0 saturated carbocycles. The van der Waals surface area contributed by atoms with Crippen LogP contribution < -0.4 is 14.8 Å². The van der Waals surface area contributed by atoms with E-state index in [1.165, 1.54) is 27.0 Å². The molecule has 0 aromatic heterocycles. The highest BCUT2D eigenvalue weighted by atomic mass is 35.5. The molecule has 27 heavy (non-hydrogen) atoms. The van der Waals surface area contributed by atoms with Gasteiger partial charge in [-0.1, -0.05) is 35.3 Å². The van der Waals surface area contributed by atoms with E-state index in [0.717, 1.165) is 0 Å². The quantitative estimate of drug-likeness (QED) is 0.685. The number of nitrogens with one attached hydrogen (secondary N) is 1. The third-order valence-electron chi connectivity index (χ3n) is 3.56. The summed E-state index contributed by atoms with van der Waals surface area (Å²) in [5, 5.41) is 3.37. The van der Waals surface area contributed by atoms with Gasteiger partial charge >= 0.3 is 5.97 Å². The van der Waals surface area contributed by atoms with E-state index in [1.54, 1.807) is 36.4 Å². The molecule has 0 aliphatic heterocycles. The monoisotopic (exact) mass is 411 g/mol. The summed E-state index contributed by atoms with van der Waals surface area (Å²) in [6.07, 6.45) is -2.00. The third-order valence-corrected chi connectivity index (χ3v) is 4.09. The Morgan fingerprint density at radius 1 is 1.00 bits per heavy atom. The Balaban J connectivity index is 1.94. The first-order chi connectivity index (χ1) is 12.8. The molecule has 0 aliphatic rings. The van der Waals surface area contributed by atoms with Crippen LogP contribution in [0.1, 0.15) is 13.8 Å². The largest absolute Gasteiger partial charge is 0.495 e. The van der Waals surface area contributed by atoms with E-state index >= 15 is 0 Å². The van der Waals surface area contributed by atoms with Gasteiger partial charge in [-0.05, 0) is 44.2 Å². The zero-order valence-electron chi connectivity index (χ0n) is 15.0. The maximum Gasteiger partial charge on any atom is 0.347 e. The topological polar surface area (TPSA) is 73.9 Å². The molecule has 2 aromatic carbocycles. The number of carbonyl (C=O) groups excluding carboxylic acids is 2. The van der Waals surface area contributed by atoms with Crippen LogP contribution in [0.15, 0.2) is 42.5 Å². The van der Waals surface area contributed by atoms with Crippen LogP contribution in [-0.4, -0.2) is 31.2 Å². The van der Waals surface area contributed by atoms with Gasteiger partial charge < -0.3 is 19.5 Å². The summed E-state index contributed by atoms with van der Waals surface area (Å²) < 4.78 is 15.8. The van der Waals surface area contributed by atoms with Crippen molar-refractivity contribution in [2.45, 2.75) is 26.1 Å². The van der Waals surface area contributed by atoms with Crippen molar-refractivity contribution in [3.63, 3.8) is 0 Å². The highest BCUT2D eigenvalue weighted by Gasteiger charge is 2.24. The third kappa shape index (κ3) is 5.77. The summed E-state index contributed by atoms with van der Waals surface area (Å²) in [5.41, 5.74) is 0.477. The SMILES string of the molecule is COc1ccccc1NC(=O)[C@@H](C)OC(=O)[C@@H](C)Oc1ccc(Cl)cc1Cl. The number of rotatable bonds is 7. The number of ether oxygens (including phenoxy) is 3. The lowest BCUT2D eigenvalue weighted by molar-refractivity contribution is -0.159. The number of hydrogen-bond acceptors (Lipinski definition) is 5. The summed E-state index contributed by atoms with van der Waals surface area (Å²) in [4.78, 5) is 24.5. The summed E-state index contributed by atoms with van der Waals surface area (Å²) in [6, 6.07) is 11.5. The lowest BCUT2D eigenvalue weighted by Crippen LogP contribution is -2.35. The molecular weight excluding hydrogens is 393 g/mol. The Kier molecular flexibility index (Phi) is 7.33. The zero-order chi connectivity index (χ0) is 20.0. The van der Waals surface area contributed by atoms with Gasteiger partial charge in [0.2, 0.25) is 0 Å². The van der Waals surface area contributed by atoms with Crippen LogP contribution in [0.5, 0.6) is 11.5 Å². The lowest BCUT2D eigenvalue weighted by atomic mass is 10.2. The summed E-state index contributed by atoms with van der Waals surface area (Å²) in [6.45, 7) is 2.96. The van der Waals surface area contributed by atoms with Gasteiger partial charge in [0.1, 0.15) is 11.5 Å². The molecule has 1 amide bonds. The number of amides is 1. The Labute approximate surface area is 167 Å². The van der Waals surface area contributed by atoms with Gasteiger partial charge in [-0.25, -0.2) is 4.79 Å². The van der Waals surface area contributed by atoms with Crippen LogP contribution in [0.3, 0.4) is 0 Å². The second-order valence-electron chi connectivity index (χ2n) is 5.60. The first kappa shape index (κ1) is 20.9. The van der Waals surface area contributed by atoms with E-state index in [0.29, 0.717) is 16.5 Å². The van der Waals surface area contributed by atoms with Crippen LogP contribution >= 0.6 is 23.2 Å². The average molecular weight is 412 g/mol. The van der Waals surface area contributed by atoms with E-state index in [2.05, 4.69) is 5.32 Å². The molecular formula is C19H19Cl2NO5. The van der Waals surface area contributed by atoms with Crippen LogP contribution in [-0.2, 0) is 14.3 Å². The van der Waals surface area contributed by atoms with Crippen molar-refractivity contribution in [1.82, 2.24) is 0 Å². The zero-order valence-corrected chi connectivity index (χ0v) is 16.5. The average Bonchev–Trinajstić information content (AvgIpc) is 2.64. The van der Waals surface area contributed by atoms with Gasteiger partial charge in [0.05, 0.1) is 17.8 Å². The van der Waals surface area contributed by atoms with Crippen molar-refractivity contribution in [1.29, 1.82) is 0 Å².